The second-order valence-corrected chi connectivity index (χ2v) is 9.52. The second kappa shape index (κ2) is 11.1. The Morgan fingerprint density at radius 2 is 1.81 bits per heavy atom. The summed E-state index contributed by atoms with van der Waals surface area (Å²) < 4.78 is 12.6. The first kappa shape index (κ1) is 25.7. The number of para-hydroxylation sites is 1. The van der Waals surface area contributed by atoms with Crippen molar-refractivity contribution in [1.29, 1.82) is 0 Å². The molecule has 0 atom stereocenters. The van der Waals surface area contributed by atoms with E-state index in [9.17, 15) is 14.4 Å². The summed E-state index contributed by atoms with van der Waals surface area (Å²) >= 11 is 8.32. The molecule has 1 fully saturated rings. The molecule has 0 spiro atoms. The van der Waals surface area contributed by atoms with Crippen LogP contribution in [0.5, 0.6) is 11.5 Å². The van der Waals surface area contributed by atoms with Crippen molar-refractivity contribution in [3.05, 3.63) is 91.5 Å². The van der Waals surface area contributed by atoms with Gasteiger partial charge in [0.25, 0.3) is 11.8 Å². The number of aryl methyl sites for hydroxylation is 1. The van der Waals surface area contributed by atoms with Gasteiger partial charge in [0.05, 0.1) is 20.9 Å². The lowest BCUT2D eigenvalue weighted by Gasteiger charge is -2.27. The molecule has 1 aliphatic heterocycles. The highest BCUT2D eigenvalue weighted by molar-refractivity contribution is 14.1. The molecule has 9 heteroatoms. The number of carbonyl (C=O) groups excluding carboxylic acids is 3. The maximum Gasteiger partial charge on any atom is 0.335 e. The zero-order valence-electron chi connectivity index (χ0n) is 19.5. The first-order valence-corrected chi connectivity index (χ1v) is 12.5. The molecule has 1 N–H and O–H groups in total. The maximum absolute atomic E-state index is 13.2. The number of nitrogens with one attached hydrogen (secondary N) is 1. The Hall–Kier alpha value is -3.37. The number of urea groups is 1. The van der Waals surface area contributed by atoms with E-state index in [-0.39, 0.29) is 16.3 Å². The highest BCUT2D eigenvalue weighted by Crippen LogP contribution is 2.36. The molecule has 184 valence electrons. The summed E-state index contributed by atoms with van der Waals surface area (Å²) in [6.45, 7) is 4.62. The zero-order valence-corrected chi connectivity index (χ0v) is 22.4. The number of benzene rings is 3. The lowest BCUT2D eigenvalue weighted by atomic mass is 10.1. The molecule has 0 aromatic heterocycles. The summed E-state index contributed by atoms with van der Waals surface area (Å²) in [6.07, 6.45) is 1.42. The van der Waals surface area contributed by atoms with Crippen LogP contribution in [0, 0.1) is 10.5 Å². The molecule has 0 saturated carbocycles. The van der Waals surface area contributed by atoms with Crippen LogP contribution >= 0.6 is 34.2 Å². The van der Waals surface area contributed by atoms with E-state index < -0.39 is 17.8 Å². The summed E-state index contributed by atoms with van der Waals surface area (Å²) in [5.74, 6) is -0.523. The highest BCUT2D eigenvalue weighted by atomic mass is 127. The van der Waals surface area contributed by atoms with Gasteiger partial charge >= 0.3 is 6.03 Å². The maximum atomic E-state index is 13.2. The van der Waals surface area contributed by atoms with Crippen LogP contribution in [0.2, 0.25) is 5.02 Å². The summed E-state index contributed by atoms with van der Waals surface area (Å²) in [5, 5.41) is 2.41. The number of nitrogens with zero attached hydrogens (tertiary/aromatic N) is 1. The minimum Gasteiger partial charge on any atom is -0.490 e. The second-order valence-electron chi connectivity index (χ2n) is 7.95. The number of hydrogen-bond acceptors (Lipinski definition) is 5. The molecule has 0 radical (unpaired) electrons. The Labute approximate surface area is 227 Å². The van der Waals surface area contributed by atoms with Crippen molar-refractivity contribution in [2.45, 2.75) is 20.5 Å². The lowest BCUT2D eigenvalue weighted by Crippen LogP contribution is -2.54. The molecule has 0 bridgehead atoms. The van der Waals surface area contributed by atoms with E-state index in [2.05, 4.69) is 27.9 Å². The largest absolute Gasteiger partial charge is 0.490 e. The third kappa shape index (κ3) is 5.55. The van der Waals surface area contributed by atoms with E-state index in [1.54, 1.807) is 30.3 Å². The number of carbonyl (C=O) groups is 3. The number of hydrogen-bond donors (Lipinski definition) is 1. The lowest BCUT2D eigenvalue weighted by molar-refractivity contribution is -0.122. The Kier molecular flexibility index (Phi) is 7.95. The van der Waals surface area contributed by atoms with Crippen LogP contribution in [0.4, 0.5) is 10.5 Å². The van der Waals surface area contributed by atoms with Gasteiger partial charge in [-0.1, -0.05) is 53.6 Å². The molecule has 1 aliphatic rings. The van der Waals surface area contributed by atoms with Gasteiger partial charge in [0, 0.05) is 0 Å². The van der Waals surface area contributed by atoms with Crippen LogP contribution in [0.1, 0.15) is 23.6 Å². The summed E-state index contributed by atoms with van der Waals surface area (Å²) in [4.78, 5) is 39.1. The van der Waals surface area contributed by atoms with E-state index in [1.165, 1.54) is 12.1 Å². The van der Waals surface area contributed by atoms with Gasteiger partial charge in [0.2, 0.25) is 0 Å². The van der Waals surface area contributed by atoms with Gasteiger partial charge in [-0.2, -0.15) is 0 Å². The van der Waals surface area contributed by atoms with Gasteiger partial charge in [-0.05, 0) is 77.9 Å². The van der Waals surface area contributed by atoms with E-state index in [0.29, 0.717) is 30.3 Å². The minimum absolute atomic E-state index is 0.185. The fraction of sp³-hybridized carbons (Fsp3) is 0.148. The molecule has 7 nitrogen and oxygen atoms in total. The number of ether oxygens (including phenoxy) is 2. The molecule has 3 aromatic carbocycles. The average Bonchev–Trinajstić information content (AvgIpc) is 2.82. The summed E-state index contributed by atoms with van der Waals surface area (Å²) in [6, 6.07) is 17.1. The molecular formula is C27H22ClIN2O5. The van der Waals surface area contributed by atoms with E-state index in [4.69, 9.17) is 21.1 Å². The van der Waals surface area contributed by atoms with Crippen LogP contribution in [0.25, 0.3) is 6.08 Å². The van der Waals surface area contributed by atoms with Crippen molar-refractivity contribution in [3.63, 3.8) is 0 Å². The first-order chi connectivity index (χ1) is 17.3. The fourth-order valence-corrected chi connectivity index (χ4v) is 4.71. The molecule has 4 amide bonds. The number of imide groups is 2. The zero-order chi connectivity index (χ0) is 25.8. The summed E-state index contributed by atoms with van der Waals surface area (Å²) in [5.41, 5.74) is 2.68. The van der Waals surface area contributed by atoms with Gasteiger partial charge in [0.1, 0.15) is 12.2 Å². The third-order valence-corrected chi connectivity index (χ3v) is 6.42. The van der Waals surface area contributed by atoms with Gasteiger partial charge in [-0.3, -0.25) is 14.9 Å². The van der Waals surface area contributed by atoms with Gasteiger partial charge < -0.3 is 9.47 Å². The van der Waals surface area contributed by atoms with Crippen molar-refractivity contribution in [3.8, 4) is 11.5 Å². The third-order valence-electron chi connectivity index (χ3n) is 5.30. The summed E-state index contributed by atoms with van der Waals surface area (Å²) in [7, 11) is 0. The molecule has 0 aliphatic carbocycles. The Balaban J connectivity index is 1.67. The number of halogens is 2. The molecule has 0 unspecified atom stereocenters. The molecule has 3 aromatic rings. The van der Waals surface area contributed by atoms with Crippen LogP contribution in [0.3, 0.4) is 0 Å². The Morgan fingerprint density at radius 3 is 2.53 bits per heavy atom. The molecule has 1 heterocycles. The van der Waals surface area contributed by atoms with Crippen LogP contribution in [0.15, 0.2) is 66.2 Å². The quantitative estimate of drug-likeness (QED) is 0.203. The standard InChI is InChI=1S/C27H22ClIN2O5/c1-3-35-23-14-18(13-21(29)24(23)36-15-17-8-6-7-16(2)11-17)12-19-25(32)30-27(34)31(26(19)33)22-10-5-4-9-20(22)28/h4-14H,3,15H2,1-2H3,(H,30,32,34)/b19-12+. The number of rotatable bonds is 7. The minimum atomic E-state index is -0.861. The van der Waals surface area contributed by atoms with E-state index >= 15 is 0 Å². The number of barbiturate groups is 1. The van der Waals surface area contributed by atoms with Crippen molar-refractivity contribution < 1.29 is 23.9 Å². The number of anilines is 1. The predicted octanol–water partition coefficient (Wildman–Crippen LogP) is 5.90. The molecule has 1 saturated heterocycles. The molecule has 4 rings (SSSR count). The molecular weight excluding hydrogens is 595 g/mol. The Bertz CT molecular complexity index is 1390. The highest BCUT2D eigenvalue weighted by Gasteiger charge is 2.37. The van der Waals surface area contributed by atoms with E-state index in [0.717, 1.165) is 19.6 Å². The average molecular weight is 617 g/mol. The van der Waals surface area contributed by atoms with Gasteiger partial charge in [-0.15, -0.1) is 0 Å². The SMILES string of the molecule is CCOc1cc(/C=C2\C(=O)NC(=O)N(c3ccccc3Cl)C2=O)cc(I)c1OCc1cccc(C)c1. The van der Waals surface area contributed by atoms with Crippen LogP contribution in [-0.4, -0.2) is 24.5 Å². The van der Waals surface area contributed by atoms with Gasteiger partial charge in [0.15, 0.2) is 11.5 Å². The smallest absolute Gasteiger partial charge is 0.335 e. The molecule has 36 heavy (non-hydrogen) atoms. The van der Waals surface area contributed by atoms with E-state index in [1.807, 2.05) is 38.1 Å². The normalized spacial score (nSPS) is 14.7. The van der Waals surface area contributed by atoms with Crippen molar-refractivity contribution in [2.24, 2.45) is 0 Å². The van der Waals surface area contributed by atoms with Crippen molar-refractivity contribution >= 4 is 63.8 Å². The van der Waals surface area contributed by atoms with Gasteiger partial charge in [-0.25, -0.2) is 9.69 Å². The topological polar surface area (TPSA) is 84.9 Å². The fourth-order valence-electron chi connectivity index (χ4n) is 3.71. The first-order valence-electron chi connectivity index (χ1n) is 11.1. The van der Waals surface area contributed by atoms with Crippen molar-refractivity contribution in [2.75, 3.05) is 11.5 Å². The monoisotopic (exact) mass is 616 g/mol. The Morgan fingerprint density at radius 1 is 1.03 bits per heavy atom. The van der Waals surface area contributed by atoms with Crippen LogP contribution < -0.4 is 19.7 Å². The van der Waals surface area contributed by atoms with Crippen molar-refractivity contribution in [1.82, 2.24) is 5.32 Å². The van der Waals surface area contributed by atoms with Crippen LogP contribution in [-0.2, 0) is 16.2 Å². The number of amides is 4. The predicted molar refractivity (Wildman–Crippen MR) is 146 cm³/mol.